The van der Waals surface area contributed by atoms with Crippen molar-refractivity contribution in [2.45, 2.75) is 40.0 Å². The molecule has 0 atom stereocenters. The lowest BCUT2D eigenvalue weighted by Crippen LogP contribution is -2.17. The Morgan fingerprint density at radius 3 is 2.57 bits per heavy atom. The lowest BCUT2D eigenvalue weighted by atomic mass is 10.3. The lowest BCUT2D eigenvalue weighted by Gasteiger charge is -2.03. The van der Waals surface area contributed by atoms with E-state index < -0.39 is 0 Å². The minimum Gasteiger partial charge on any atom is -0.381 e. The van der Waals surface area contributed by atoms with E-state index in [1.54, 1.807) is 0 Å². The third kappa shape index (κ3) is 11.7. The second-order valence-electron chi connectivity index (χ2n) is 3.81. The van der Waals surface area contributed by atoms with E-state index in [-0.39, 0.29) is 0 Å². The number of nitrogens with one attached hydrogen (secondary N) is 1. The number of unbranched alkanes of at least 4 members (excludes halogenated alkanes) is 1. The molecule has 0 amide bonds. The molecule has 0 aromatic heterocycles. The maximum Gasteiger partial charge on any atom is 0.0478 e. The highest BCUT2D eigenvalue weighted by Crippen LogP contribution is 1.89. The highest BCUT2D eigenvalue weighted by Gasteiger charge is 1.88. The Morgan fingerprint density at radius 2 is 1.93 bits per heavy atom. The summed E-state index contributed by atoms with van der Waals surface area (Å²) in [5.41, 5.74) is 1.37. The normalized spacial score (nSPS) is 10.2. The molecule has 0 aromatic rings. The van der Waals surface area contributed by atoms with Gasteiger partial charge >= 0.3 is 0 Å². The average Bonchev–Trinajstić information content (AvgIpc) is 2.15. The lowest BCUT2D eigenvalue weighted by molar-refractivity contribution is 0.129. The monoisotopic (exact) mass is 199 g/mol. The smallest absolute Gasteiger partial charge is 0.0478 e. The highest BCUT2D eigenvalue weighted by molar-refractivity contribution is 4.94. The quantitative estimate of drug-likeness (QED) is 0.455. The van der Waals surface area contributed by atoms with Gasteiger partial charge in [-0.05, 0) is 33.2 Å². The van der Waals surface area contributed by atoms with Crippen LogP contribution >= 0.6 is 0 Å². The maximum atomic E-state index is 5.45. The van der Waals surface area contributed by atoms with E-state index in [2.05, 4.69) is 32.2 Å². The molecule has 1 N–H and O–H groups in total. The SMILES string of the molecule is CCCCOCCCNCC=C(C)C. The molecule has 0 aliphatic rings. The van der Waals surface area contributed by atoms with Gasteiger partial charge in [0.05, 0.1) is 0 Å². The van der Waals surface area contributed by atoms with Gasteiger partial charge in [-0.25, -0.2) is 0 Å². The van der Waals surface area contributed by atoms with Gasteiger partial charge < -0.3 is 10.1 Å². The van der Waals surface area contributed by atoms with Crippen molar-refractivity contribution in [3.8, 4) is 0 Å². The summed E-state index contributed by atoms with van der Waals surface area (Å²) in [6, 6.07) is 0. The summed E-state index contributed by atoms with van der Waals surface area (Å²) in [7, 11) is 0. The summed E-state index contributed by atoms with van der Waals surface area (Å²) in [5.74, 6) is 0. The number of hydrogen-bond acceptors (Lipinski definition) is 2. The molecule has 0 spiro atoms. The van der Waals surface area contributed by atoms with Crippen LogP contribution in [0.5, 0.6) is 0 Å². The van der Waals surface area contributed by atoms with Gasteiger partial charge in [0.1, 0.15) is 0 Å². The van der Waals surface area contributed by atoms with Crippen molar-refractivity contribution < 1.29 is 4.74 Å². The molecule has 0 saturated carbocycles. The largest absolute Gasteiger partial charge is 0.381 e. The molecule has 0 saturated heterocycles. The zero-order valence-corrected chi connectivity index (χ0v) is 9.94. The predicted molar refractivity (Wildman–Crippen MR) is 62.6 cm³/mol. The van der Waals surface area contributed by atoms with Crippen LogP contribution in [0.25, 0.3) is 0 Å². The molecule has 0 aliphatic heterocycles. The summed E-state index contributed by atoms with van der Waals surface area (Å²) in [5, 5.41) is 3.35. The van der Waals surface area contributed by atoms with Gasteiger partial charge in [0.2, 0.25) is 0 Å². The molecule has 0 aliphatic carbocycles. The second-order valence-corrected chi connectivity index (χ2v) is 3.81. The van der Waals surface area contributed by atoms with Crippen molar-refractivity contribution in [2.75, 3.05) is 26.3 Å². The first-order chi connectivity index (χ1) is 6.77. The Balaban J connectivity index is 2.96. The first-order valence-corrected chi connectivity index (χ1v) is 5.69. The number of hydrogen-bond donors (Lipinski definition) is 1. The van der Waals surface area contributed by atoms with Crippen molar-refractivity contribution in [2.24, 2.45) is 0 Å². The third-order valence-electron chi connectivity index (χ3n) is 1.94. The van der Waals surface area contributed by atoms with Crippen molar-refractivity contribution >= 4 is 0 Å². The molecule has 84 valence electrons. The fourth-order valence-corrected chi connectivity index (χ4v) is 1.03. The van der Waals surface area contributed by atoms with Gasteiger partial charge in [0.25, 0.3) is 0 Å². The summed E-state index contributed by atoms with van der Waals surface area (Å²) < 4.78 is 5.45. The Hall–Kier alpha value is -0.340. The molecule has 0 unspecified atom stereocenters. The van der Waals surface area contributed by atoms with Crippen LogP contribution in [0.15, 0.2) is 11.6 Å². The van der Waals surface area contributed by atoms with E-state index in [0.29, 0.717) is 0 Å². The Labute approximate surface area is 88.7 Å². The van der Waals surface area contributed by atoms with E-state index in [9.17, 15) is 0 Å². The minimum absolute atomic E-state index is 0.891. The van der Waals surface area contributed by atoms with Crippen LogP contribution in [0, 0.1) is 0 Å². The summed E-state index contributed by atoms with van der Waals surface area (Å²) >= 11 is 0. The Bertz CT molecular complexity index is 139. The molecule has 0 heterocycles. The fourth-order valence-electron chi connectivity index (χ4n) is 1.03. The van der Waals surface area contributed by atoms with Crippen LogP contribution in [0.4, 0.5) is 0 Å². The second kappa shape index (κ2) is 10.7. The van der Waals surface area contributed by atoms with Crippen molar-refractivity contribution in [1.82, 2.24) is 5.32 Å². The first kappa shape index (κ1) is 13.7. The van der Waals surface area contributed by atoms with Crippen molar-refractivity contribution in [3.63, 3.8) is 0 Å². The summed E-state index contributed by atoms with van der Waals surface area (Å²) in [6.07, 6.45) is 5.72. The molecule has 0 fully saturated rings. The Morgan fingerprint density at radius 1 is 1.21 bits per heavy atom. The van der Waals surface area contributed by atoms with Crippen LogP contribution in [-0.2, 0) is 4.74 Å². The summed E-state index contributed by atoms with van der Waals surface area (Å²) in [4.78, 5) is 0. The van der Waals surface area contributed by atoms with Crippen LogP contribution in [0.2, 0.25) is 0 Å². The van der Waals surface area contributed by atoms with E-state index in [1.165, 1.54) is 18.4 Å². The predicted octanol–water partition coefficient (Wildman–Crippen LogP) is 2.75. The fraction of sp³-hybridized carbons (Fsp3) is 0.833. The van der Waals surface area contributed by atoms with Gasteiger partial charge in [0.15, 0.2) is 0 Å². The number of allylic oxidation sites excluding steroid dienone is 1. The summed E-state index contributed by atoms with van der Waals surface area (Å²) in [6.45, 7) is 10.3. The molecule has 14 heavy (non-hydrogen) atoms. The van der Waals surface area contributed by atoms with Crippen LogP contribution in [0.3, 0.4) is 0 Å². The van der Waals surface area contributed by atoms with Crippen molar-refractivity contribution in [3.05, 3.63) is 11.6 Å². The van der Waals surface area contributed by atoms with E-state index in [1.807, 2.05) is 0 Å². The molecular formula is C12H25NO. The Kier molecular flexibility index (Phi) is 10.5. The van der Waals surface area contributed by atoms with Crippen molar-refractivity contribution in [1.29, 1.82) is 0 Å². The van der Waals surface area contributed by atoms with E-state index in [4.69, 9.17) is 4.74 Å². The molecule has 0 bridgehead atoms. The van der Waals surface area contributed by atoms with Gasteiger partial charge in [-0.2, -0.15) is 0 Å². The zero-order chi connectivity index (χ0) is 10.6. The van der Waals surface area contributed by atoms with E-state index in [0.717, 1.165) is 32.7 Å². The minimum atomic E-state index is 0.891. The van der Waals surface area contributed by atoms with Gasteiger partial charge in [-0.15, -0.1) is 0 Å². The van der Waals surface area contributed by atoms with Gasteiger partial charge in [-0.3, -0.25) is 0 Å². The molecule has 0 rings (SSSR count). The first-order valence-electron chi connectivity index (χ1n) is 5.69. The van der Waals surface area contributed by atoms with Crippen LogP contribution < -0.4 is 5.32 Å². The zero-order valence-electron chi connectivity index (χ0n) is 9.94. The molecule has 2 heteroatoms. The number of ether oxygens (including phenoxy) is 1. The molecule has 0 radical (unpaired) electrons. The van der Waals surface area contributed by atoms with Crippen LogP contribution in [0.1, 0.15) is 40.0 Å². The van der Waals surface area contributed by atoms with Gasteiger partial charge in [0, 0.05) is 19.8 Å². The van der Waals surface area contributed by atoms with Gasteiger partial charge in [-0.1, -0.05) is 25.0 Å². The van der Waals surface area contributed by atoms with E-state index >= 15 is 0 Å². The molecule has 0 aromatic carbocycles. The van der Waals surface area contributed by atoms with Crippen LogP contribution in [-0.4, -0.2) is 26.3 Å². The number of rotatable bonds is 9. The maximum absolute atomic E-state index is 5.45. The topological polar surface area (TPSA) is 21.3 Å². The third-order valence-corrected chi connectivity index (χ3v) is 1.94. The standard InChI is InChI=1S/C12H25NO/c1-4-5-10-14-11-6-8-13-9-7-12(2)3/h7,13H,4-6,8-11H2,1-3H3. The molecular weight excluding hydrogens is 174 g/mol. The highest BCUT2D eigenvalue weighted by atomic mass is 16.5. The molecule has 2 nitrogen and oxygen atoms in total. The average molecular weight is 199 g/mol.